The summed E-state index contributed by atoms with van der Waals surface area (Å²) in [5.41, 5.74) is 1.84. The number of carboxylic acids is 1. The van der Waals surface area contributed by atoms with E-state index in [-0.39, 0.29) is 35.9 Å². The molecule has 0 fully saturated rings. The lowest BCUT2D eigenvalue weighted by Gasteiger charge is -2.30. The van der Waals surface area contributed by atoms with Crippen LogP contribution in [-0.4, -0.2) is 41.0 Å². The van der Waals surface area contributed by atoms with Gasteiger partial charge in [-0.2, -0.15) is 8.78 Å². The molecule has 2 unspecified atom stereocenters. The number of aromatic amines is 2. The maximum Gasteiger partial charge on any atom is 0.306 e. The molecule has 0 aliphatic carbocycles. The Hall–Kier alpha value is -5.46. The molecule has 0 amide bonds. The first-order chi connectivity index (χ1) is 23.9. The summed E-state index contributed by atoms with van der Waals surface area (Å²) in [7, 11) is 0. The minimum atomic E-state index is -3.28. The van der Waals surface area contributed by atoms with Crippen LogP contribution in [0.4, 0.5) is 17.6 Å². The van der Waals surface area contributed by atoms with Gasteiger partial charge >= 0.3 is 5.97 Å². The van der Waals surface area contributed by atoms with E-state index in [1.165, 1.54) is 28.9 Å². The standard InChI is InChI=1S/C37H34F4N6O3/c1-21(35(48)49)14-22-6-5-7-23(15-22)36(2)11-3-4-12-37(40,41)32-20-47(46-45-32)19-27-25-10-13-42-30(25)17-29(39)33(27)50-24-8-9-28(38)26(16-24)34-43-18-31(36)44-34/h5-10,13,15-18,20-21,42H,3-4,11-12,14,19H2,1-2H3,(H,43,44)(H,48,49). The lowest BCUT2D eigenvalue weighted by molar-refractivity contribution is -0.141. The van der Waals surface area contributed by atoms with E-state index in [0.29, 0.717) is 41.4 Å². The summed E-state index contributed by atoms with van der Waals surface area (Å²) in [5, 5.41) is 17.8. The van der Waals surface area contributed by atoms with Crippen molar-refractivity contribution in [1.29, 1.82) is 0 Å². The normalized spacial score (nSPS) is 18.4. The number of alkyl halides is 2. The number of carbonyl (C=O) groups is 1. The van der Waals surface area contributed by atoms with Crippen molar-refractivity contribution >= 4 is 16.9 Å². The maximum atomic E-state index is 15.7. The highest BCUT2D eigenvalue weighted by atomic mass is 19.3. The number of rotatable bonds is 4. The van der Waals surface area contributed by atoms with Gasteiger partial charge in [-0.05, 0) is 61.6 Å². The minimum absolute atomic E-state index is 0.0864. The third-order valence-corrected chi connectivity index (χ3v) is 9.63. The summed E-state index contributed by atoms with van der Waals surface area (Å²) in [5.74, 6) is -5.95. The highest BCUT2D eigenvalue weighted by Crippen LogP contribution is 2.41. The van der Waals surface area contributed by atoms with Crippen molar-refractivity contribution < 1.29 is 32.2 Å². The van der Waals surface area contributed by atoms with Gasteiger partial charge in [0.15, 0.2) is 17.3 Å². The highest BCUT2D eigenvalue weighted by Gasteiger charge is 2.36. The first kappa shape index (κ1) is 33.1. The number of aliphatic carboxylic acids is 1. The van der Waals surface area contributed by atoms with Crippen molar-refractivity contribution in [1.82, 2.24) is 29.9 Å². The van der Waals surface area contributed by atoms with Crippen LogP contribution in [0.5, 0.6) is 11.5 Å². The number of carboxylic acid groups (broad SMARTS) is 1. The van der Waals surface area contributed by atoms with Crippen LogP contribution in [-0.2, 0) is 29.1 Å². The van der Waals surface area contributed by atoms with Crippen LogP contribution in [0.15, 0.2) is 73.2 Å². The highest BCUT2D eigenvalue weighted by molar-refractivity contribution is 5.85. The second-order valence-electron chi connectivity index (χ2n) is 13.2. The molecule has 6 bridgehead atoms. The van der Waals surface area contributed by atoms with Crippen LogP contribution < -0.4 is 4.74 Å². The van der Waals surface area contributed by atoms with E-state index < -0.39 is 47.0 Å². The van der Waals surface area contributed by atoms with Gasteiger partial charge in [0.05, 0.1) is 24.2 Å². The van der Waals surface area contributed by atoms with Gasteiger partial charge in [-0.3, -0.25) is 4.79 Å². The molecular weight excluding hydrogens is 652 g/mol. The fourth-order valence-corrected chi connectivity index (χ4v) is 6.67. The molecule has 3 N–H and O–H groups in total. The van der Waals surface area contributed by atoms with E-state index in [9.17, 15) is 9.90 Å². The molecule has 0 spiro atoms. The zero-order valence-electron chi connectivity index (χ0n) is 27.3. The smallest absolute Gasteiger partial charge is 0.306 e. The number of imidazole rings is 1. The van der Waals surface area contributed by atoms with Crippen molar-refractivity contribution in [3.63, 3.8) is 0 Å². The third kappa shape index (κ3) is 6.23. The van der Waals surface area contributed by atoms with E-state index in [1.54, 1.807) is 25.4 Å². The zero-order valence-corrected chi connectivity index (χ0v) is 27.3. The molecule has 7 rings (SSSR count). The van der Waals surface area contributed by atoms with Crippen LogP contribution in [0.2, 0.25) is 0 Å². The molecule has 1 aliphatic rings. The Balaban J connectivity index is 1.34. The van der Waals surface area contributed by atoms with Gasteiger partial charge in [-0.25, -0.2) is 18.4 Å². The molecule has 2 atom stereocenters. The molecular formula is C37H34F4N6O3. The van der Waals surface area contributed by atoms with Gasteiger partial charge in [-0.15, -0.1) is 5.10 Å². The molecule has 6 aromatic rings. The fraction of sp³-hybridized carbons (Fsp3) is 0.297. The lowest BCUT2D eigenvalue weighted by atomic mass is 9.75. The molecule has 0 saturated heterocycles. The van der Waals surface area contributed by atoms with Gasteiger partial charge in [0.1, 0.15) is 17.4 Å². The van der Waals surface area contributed by atoms with Crippen molar-refractivity contribution in [2.24, 2.45) is 5.92 Å². The number of halogens is 4. The second-order valence-corrected chi connectivity index (χ2v) is 13.2. The largest absolute Gasteiger partial charge is 0.481 e. The Kier molecular flexibility index (Phi) is 8.44. The van der Waals surface area contributed by atoms with Crippen LogP contribution in [0.25, 0.3) is 22.3 Å². The van der Waals surface area contributed by atoms with E-state index in [0.717, 1.165) is 17.3 Å². The molecule has 50 heavy (non-hydrogen) atoms. The average molecular weight is 687 g/mol. The topological polar surface area (TPSA) is 122 Å². The first-order valence-electron chi connectivity index (χ1n) is 16.3. The molecule has 9 nitrogen and oxygen atoms in total. The van der Waals surface area contributed by atoms with Crippen LogP contribution in [0, 0.1) is 17.6 Å². The summed E-state index contributed by atoms with van der Waals surface area (Å²) in [4.78, 5) is 22.3. The molecule has 0 saturated carbocycles. The molecule has 13 heteroatoms. The summed E-state index contributed by atoms with van der Waals surface area (Å²) in [6.07, 6.45) is 5.16. The van der Waals surface area contributed by atoms with Crippen molar-refractivity contribution in [3.05, 3.63) is 113 Å². The number of ether oxygens (including phenoxy) is 1. The molecule has 4 heterocycles. The van der Waals surface area contributed by atoms with Crippen molar-refractivity contribution in [2.75, 3.05) is 0 Å². The molecule has 0 radical (unpaired) electrons. The zero-order chi connectivity index (χ0) is 35.2. The van der Waals surface area contributed by atoms with Gasteiger partial charge in [0, 0.05) is 52.5 Å². The number of hydrogen-bond donors (Lipinski definition) is 3. The van der Waals surface area contributed by atoms with Crippen molar-refractivity contribution in [3.8, 4) is 22.9 Å². The van der Waals surface area contributed by atoms with E-state index >= 15 is 17.6 Å². The molecule has 3 aromatic carbocycles. The van der Waals surface area contributed by atoms with Gasteiger partial charge in [0.2, 0.25) is 0 Å². The fourth-order valence-electron chi connectivity index (χ4n) is 6.67. The predicted octanol–water partition coefficient (Wildman–Crippen LogP) is 8.50. The molecule has 1 aliphatic heterocycles. The SMILES string of the molecule is CC(Cc1cccc(C2(C)CCCCC(F)(F)c3cn(nn3)Cc3c(c(F)cc4[nH]ccc34)Oc3ccc(F)c(c3)-c3ncc2[nH]3)c1)C(=O)O. The van der Waals surface area contributed by atoms with Crippen molar-refractivity contribution in [2.45, 2.75) is 63.8 Å². The average Bonchev–Trinajstić information content (AvgIpc) is 3.87. The third-order valence-electron chi connectivity index (χ3n) is 9.63. The van der Waals surface area contributed by atoms with E-state index in [2.05, 4.69) is 25.3 Å². The summed E-state index contributed by atoms with van der Waals surface area (Å²) < 4.78 is 69.5. The number of aromatic nitrogens is 6. The maximum absolute atomic E-state index is 15.7. The molecule has 3 aromatic heterocycles. The number of nitrogens with one attached hydrogen (secondary N) is 2. The van der Waals surface area contributed by atoms with Crippen LogP contribution in [0.1, 0.15) is 67.6 Å². The van der Waals surface area contributed by atoms with Gasteiger partial charge in [0.25, 0.3) is 5.92 Å². The number of fused-ring (bicyclic) bond motifs is 10. The van der Waals surface area contributed by atoms with E-state index in [1.807, 2.05) is 31.2 Å². The summed E-state index contributed by atoms with van der Waals surface area (Å²) in [6.45, 7) is 3.46. The molecule has 258 valence electrons. The number of hydrogen-bond acceptors (Lipinski definition) is 5. The van der Waals surface area contributed by atoms with Crippen LogP contribution in [0.3, 0.4) is 0 Å². The Morgan fingerprint density at radius 2 is 1.90 bits per heavy atom. The Morgan fingerprint density at radius 3 is 2.72 bits per heavy atom. The van der Waals surface area contributed by atoms with E-state index in [4.69, 9.17) is 4.74 Å². The summed E-state index contributed by atoms with van der Waals surface area (Å²) >= 11 is 0. The van der Waals surface area contributed by atoms with Crippen LogP contribution >= 0.6 is 0 Å². The lowest BCUT2D eigenvalue weighted by Crippen LogP contribution is -2.25. The number of benzene rings is 3. The van der Waals surface area contributed by atoms with Gasteiger partial charge < -0.3 is 19.8 Å². The summed E-state index contributed by atoms with van der Waals surface area (Å²) in [6, 6.07) is 14.5. The Labute approximate surface area is 284 Å². The monoisotopic (exact) mass is 686 g/mol. The second kappa shape index (κ2) is 12.8. The minimum Gasteiger partial charge on any atom is -0.481 e. The Morgan fingerprint density at radius 1 is 1.08 bits per heavy atom. The Bertz CT molecular complexity index is 2210. The first-order valence-corrected chi connectivity index (χ1v) is 16.3. The predicted molar refractivity (Wildman–Crippen MR) is 177 cm³/mol. The van der Waals surface area contributed by atoms with Gasteiger partial charge in [-0.1, -0.05) is 42.8 Å². The number of H-pyrrole nitrogens is 2. The quantitative estimate of drug-likeness (QED) is 0.160. The number of nitrogens with zero attached hydrogens (tertiary/aromatic N) is 4.